The van der Waals surface area contributed by atoms with Gasteiger partial charge in [-0.1, -0.05) is 6.92 Å². The zero-order valence-electron chi connectivity index (χ0n) is 15.1. The summed E-state index contributed by atoms with van der Waals surface area (Å²) < 4.78 is 10.6. The second-order valence-electron chi connectivity index (χ2n) is 6.52. The summed E-state index contributed by atoms with van der Waals surface area (Å²) in [6.07, 6.45) is 0. The summed E-state index contributed by atoms with van der Waals surface area (Å²) in [7, 11) is 1.55. The van der Waals surface area contributed by atoms with E-state index in [-0.39, 0.29) is 30.1 Å². The van der Waals surface area contributed by atoms with Crippen LogP contribution >= 0.6 is 12.4 Å². The molecule has 144 valence electrons. The van der Waals surface area contributed by atoms with Crippen LogP contribution in [0.1, 0.15) is 17.3 Å². The molecule has 0 saturated carbocycles. The molecule has 0 aromatic heterocycles. The zero-order valence-corrected chi connectivity index (χ0v) is 15.9. The van der Waals surface area contributed by atoms with Crippen molar-refractivity contribution in [2.75, 3.05) is 51.8 Å². The first-order valence-corrected chi connectivity index (χ1v) is 8.67. The van der Waals surface area contributed by atoms with Gasteiger partial charge in [0.15, 0.2) is 0 Å². The maximum absolute atomic E-state index is 12.6. The molecule has 0 radical (unpaired) electrons. The molecule has 2 heterocycles. The minimum atomic E-state index is -0.0930. The Hall–Kier alpha value is -1.83. The molecule has 2 saturated heterocycles. The minimum absolute atomic E-state index is 0. The molecule has 0 bridgehead atoms. The van der Waals surface area contributed by atoms with Crippen molar-refractivity contribution in [1.82, 2.24) is 10.2 Å². The third kappa shape index (κ3) is 4.47. The first-order chi connectivity index (χ1) is 12.1. The number of hydrogen-bond acceptors (Lipinski definition) is 5. The van der Waals surface area contributed by atoms with Crippen LogP contribution in [-0.2, 0) is 9.53 Å². The smallest absolute Gasteiger partial charge is 0.254 e. The van der Waals surface area contributed by atoms with Gasteiger partial charge in [-0.15, -0.1) is 12.4 Å². The van der Waals surface area contributed by atoms with Crippen molar-refractivity contribution < 1.29 is 19.1 Å². The van der Waals surface area contributed by atoms with Gasteiger partial charge in [0.1, 0.15) is 5.75 Å². The number of hydrogen-bond donors (Lipinski definition) is 2. The van der Waals surface area contributed by atoms with Gasteiger partial charge in [-0.2, -0.15) is 0 Å². The highest BCUT2D eigenvalue weighted by Gasteiger charge is 2.29. The van der Waals surface area contributed by atoms with Crippen molar-refractivity contribution in [2.45, 2.75) is 6.92 Å². The Labute approximate surface area is 159 Å². The van der Waals surface area contributed by atoms with Crippen LogP contribution in [0.2, 0.25) is 0 Å². The first kappa shape index (κ1) is 20.5. The number of halogens is 1. The van der Waals surface area contributed by atoms with Crippen LogP contribution in [-0.4, -0.2) is 63.2 Å². The minimum Gasteiger partial charge on any atom is -0.495 e. The van der Waals surface area contributed by atoms with E-state index in [2.05, 4.69) is 10.6 Å². The second-order valence-corrected chi connectivity index (χ2v) is 6.52. The summed E-state index contributed by atoms with van der Waals surface area (Å²) >= 11 is 0. The van der Waals surface area contributed by atoms with Crippen molar-refractivity contribution in [2.24, 2.45) is 11.8 Å². The topological polar surface area (TPSA) is 79.9 Å². The molecule has 1 aromatic carbocycles. The summed E-state index contributed by atoms with van der Waals surface area (Å²) in [6, 6.07) is 5.14. The number of rotatable bonds is 5. The monoisotopic (exact) mass is 383 g/mol. The maximum atomic E-state index is 12.6. The van der Waals surface area contributed by atoms with E-state index in [4.69, 9.17) is 9.47 Å². The van der Waals surface area contributed by atoms with E-state index in [9.17, 15) is 9.59 Å². The zero-order chi connectivity index (χ0) is 17.8. The van der Waals surface area contributed by atoms with E-state index in [1.807, 2.05) is 6.92 Å². The molecule has 1 unspecified atom stereocenters. The summed E-state index contributed by atoms with van der Waals surface area (Å²) in [6.45, 7) is 5.92. The van der Waals surface area contributed by atoms with Gasteiger partial charge in [-0.05, 0) is 37.2 Å². The molecule has 7 nitrogen and oxygen atoms in total. The van der Waals surface area contributed by atoms with E-state index in [0.29, 0.717) is 49.2 Å². The Kier molecular flexibility index (Phi) is 7.25. The molecule has 1 aromatic rings. The van der Waals surface area contributed by atoms with E-state index < -0.39 is 0 Å². The van der Waals surface area contributed by atoms with Gasteiger partial charge in [0.05, 0.1) is 26.0 Å². The highest BCUT2D eigenvalue weighted by atomic mass is 35.5. The molecule has 2 aliphatic heterocycles. The summed E-state index contributed by atoms with van der Waals surface area (Å²) in [4.78, 5) is 26.9. The molecule has 3 rings (SSSR count). The molecule has 2 aliphatic rings. The standard InChI is InChI=1S/C18H25N3O4.ClH/c1-12(14-10-19-11-14)17(22)20-15-9-13(3-4-16(15)24-2)18(23)21-5-7-25-8-6-21;/h3-4,9,12,14,19H,5-8,10-11H2,1-2H3,(H,20,22);1H. The predicted molar refractivity (Wildman–Crippen MR) is 101 cm³/mol. The van der Waals surface area contributed by atoms with Crippen LogP contribution in [0, 0.1) is 11.8 Å². The molecule has 2 N–H and O–H groups in total. The quantitative estimate of drug-likeness (QED) is 0.803. The molecular formula is C18H26ClN3O4. The van der Waals surface area contributed by atoms with Crippen LogP contribution in [0.5, 0.6) is 5.75 Å². The number of nitrogens with one attached hydrogen (secondary N) is 2. The number of morpholine rings is 1. The van der Waals surface area contributed by atoms with Crippen molar-refractivity contribution in [3.05, 3.63) is 23.8 Å². The molecule has 0 aliphatic carbocycles. The number of ether oxygens (including phenoxy) is 2. The van der Waals surface area contributed by atoms with Crippen molar-refractivity contribution in [1.29, 1.82) is 0 Å². The molecule has 26 heavy (non-hydrogen) atoms. The van der Waals surface area contributed by atoms with Crippen LogP contribution in [0.3, 0.4) is 0 Å². The fourth-order valence-electron chi connectivity index (χ4n) is 3.01. The Morgan fingerprint density at radius 1 is 1.31 bits per heavy atom. The molecular weight excluding hydrogens is 358 g/mol. The number of methoxy groups -OCH3 is 1. The lowest BCUT2D eigenvalue weighted by Gasteiger charge is -2.31. The Morgan fingerprint density at radius 2 is 2.00 bits per heavy atom. The van der Waals surface area contributed by atoms with Gasteiger partial charge < -0.3 is 25.0 Å². The predicted octanol–water partition coefficient (Wildman–Crippen LogP) is 1.38. The van der Waals surface area contributed by atoms with Gasteiger partial charge >= 0.3 is 0 Å². The average molecular weight is 384 g/mol. The lowest BCUT2D eigenvalue weighted by atomic mass is 9.88. The summed E-state index contributed by atoms with van der Waals surface area (Å²) in [5.74, 6) is 0.693. The summed E-state index contributed by atoms with van der Waals surface area (Å²) in [5.41, 5.74) is 1.07. The Balaban J connectivity index is 0.00000243. The van der Waals surface area contributed by atoms with E-state index in [1.165, 1.54) is 0 Å². The Bertz CT molecular complexity index is 645. The lowest BCUT2D eigenvalue weighted by Crippen LogP contribution is -2.48. The SMILES string of the molecule is COc1ccc(C(=O)N2CCOCC2)cc1NC(=O)C(C)C1CNC1.Cl. The maximum Gasteiger partial charge on any atom is 0.254 e. The largest absolute Gasteiger partial charge is 0.495 e. The number of amides is 2. The average Bonchev–Trinajstić information content (AvgIpc) is 2.60. The molecule has 2 amide bonds. The molecule has 1 atom stereocenters. The fourth-order valence-corrected chi connectivity index (χ4v) is 3.01. The van der Waals surface area contributed by atoms with Gasteiger partial charge in [-0.3, -0.25) is 9.59 Å². The third-order valence-electron chi connectivity index (χ3n) is 4.94. The van der Waals surface area contributed by atoms with E-state index >= 15 is 0 Å². The van der Waals surface area contributed by atoms with Crippen LogP contribution in [0.15, 0.2) is 18.2 Å². The normalized spacial score (nSPS) is 18.3. The Morgan fingerprint density at radius 3 is 2.58 bits per heavy atom. The van der Waals surface area contributed by atoms with Gasteiger partial charge in [0.2, 0.25) is 5.91 Å². The second kappa shape index (κ2) is 9.21. The number of carbonyl (C=O) groups is 2. The highest BCUT2D eigenvalue weighted by Crippen LogP contribution is 2.28. The molecule has 8 heteroatoms. The number of carbonyl (C=O) groups excluding carboxylic acids is 2. The van der Waals surface area contributed by atoms with Gasteiger partial charge in [0.25, 0.3) is 5.91 Å². The van der Waals surface area contributed by atoms with Crippen molar-refractivity contribution in [3.63, 3.8) is 0 Å². The molecule has 2 fully saturated rings. The fraction of sp³-hybridized carbons (Fsp3) is 0.556. The first-order valence-electron chi connectivity index (χ1n) is 8.67. The van der Waals surface area contributed by atoms with Crippen molar-refractivity contribution >= 4 is 29.9 Å². The van der Waals surface area contributed by atoms with Gasteiger partial charge in [0, 0.05) is 24.6 Å². The third-order valence-corrected chi connectivity index (χ3v) is 4.94. The summed E-state index contributed by atoms with van der Waals surface area (Å²) in [5, 5.41) is 6.10. The van der Waals surface area contributed by atoms with Crippen LogP contribution in [0.4, 0.5) is 5.69 Å². The number of nitrogens with zero attached hydrogens (tertiary/aromatic N) is 1. The van der Waals surface area contributed by atoms with Crippen LogP contribution in [0.25, 0.3) is 0 Å². The molecule has 0 spiro atoms. The van der Waals surface area contributed by atoms with Crippen molar-refractivity contribution in [3.8, 4) is 5.75 Å². The lowest BCUT2D eigenvalue weighted by molar-refractivity contribution is -0.121. The number of anilines is 1. The highest BCUT2D eigenvalue weighted by molar-refractivity contribution is 5.99. The van der Waals surface area contributed by atoms with Gasteiger partial charge in [-0.25, -0.2) is 0 Å². The van der Waals surface area contributed by atoms with E-state index in [1.54, 1.807) is 30.2 Å². The number of benzene rings is 1. The van der Waals surface area contributed by atoms with E-state index in [0.717, 1.165) is 13.1 Å². The van der Waals surface area contributed by atoms with Crippen LogP contribution < -0.4 is 15.4 Å².